The quantitative estimate of drug-likeness (QED) is 0.788. The fourth-order valence-corrected chi connectivity index (χ4v) is 2.46. The number of sulfonamides is 1. The SMILES string of the molecule is Cc1cc(F)ccc1S(=O)(=O)NCCN. The van der Waals surface area contributed by atoms with Crippen molar-refractivity contribution in [3.05, 3.63) is 29.6 Å². The Kier molecular flexibility index (Phi) is 3.78. The van der Waals surface area contributed by atoms with Crippen LogP contribution in [0.15, 0.2) is 23.1 Å². The van der Waals surface area contributed by atoms with Gasteiger partial charge in [0.05, 0.1) is 4.90 Å². The zero-order chi connectivity index (χ0) is 11.5. The number of hydrogen-bond donors (Lipinski definition) is 2. The molecule has 0 radical (unpaired) electrons. The van der Waals surface area contributed by atoms with Gasteiger partial charge in [0.2, 0.25) is 10.0 Å². The van der Waals surface area contributed by atoms with E-state index in [1.807, 2.05) is 0 Å². The maximum Gasteiger partial charge on any atom is 0.240 e. The summed E-state index contributed by atoms with van der Waals surface area (Å²) < 4.78 is 38.3. The van der Waals surface area contributed by atoms with Gasteiger partial charge in [0, 0.05) is 13.1 Å². The molecule has 6 heteroatoms. The number of aryl methyl sites for hydroxylation is 1. The van der Waals surface area contributed by atoms with Crippen molar-refractivity contribution in [1.29, 1.82) is 0 Å². The number of rotatable bonds is 4. The summed E-state index contributed by atoms with van der Waals surface area (Å²) >= 11 is 0. The van der Waals surface area contributed by atoms with Gasteiger partial charge in [0.1, 0.15) is 5.82 Å². The summed E-state index contributed by atoms with van der Waals surface area (Å²) in [6, 6.07) is 3.53. The first-order chi connectivity index (χ1) is 6.97. The molecule has 0 atom stereocenters. The molecule has 1 aromatic rings. The van der Waals surface area contributed by atoms with E-state index in [0.29, 0.717) is 5.56 Å². The van der Waals surface area contributed by atoms with Crippen LogP contribution in [-0.4, -0.2) is 21.5 Å². The van der Waals surface area contributed by atoms with Gasteiger partial charge in [0.15, 0.2) is 0 Å². The number of benzene rings is 1. The first-order valence-corrected chi connectivity index (χ1v) is 5.91. The first-order valence-electron chi connectivity index (χ1n) is 4.43. The summed E-state index contributed by atoms with van der Waals surface area (Å²) in [5, 5.41) is 0. The molecule has 0 spiro atoms. The highest BCUT2D eigenvalue weighted by Crippen LogP contribution is 2.15. The molecule has 1 rings (SSSR count). The highest BCUT2D eigenvalue weighted by Gasteiger charge is 2.15. The average Bonchev–Trinajstić information content (AvgIpc) is 2.14. The molecular formula is C9H13FN2O2S. The smallest absolute Gasteiger partial charge is 0.240 e. The van der Waals surface area contributed by atoms with E-state index in [-0.39, 0.29) is 18.0 Å². The van der Waals surface area contributed by atoms with Crippen LogP contribution >= 0.6 is 0 Å². The van der Waals surface area contributed by atoms with E-state index in [1.54, 1.807) is 6.92 Å². The first kappa shape index (κ1) is 12.1. The van der Waals surface area contributed by atoms with Crippen LogP contribution in [0.5, 0.6) is 0 Å². The highest BCUT2D eigenvalue weighted by molar-refractivity contribution is 7.89. The molecule has 0 fully saturated rings. The Labute approximate surface area is 88.3 Å². The Balaban J connectivity index is 3.05. The van der Waals surface area contributed by atoms with E-state index in [2.05, 4.69) is 4.72 Å². The molecule has 0 heterocycles. The third-order valence-electron chi connectivity index (χ3n) is 1.86. The molecular weight excluding hydrogens is 219 g/mol. The van der Waals surface area contributed by atoms with Gasteiger partial charge in [-0.3, -0.25) is 0 Å². The minimum Gasteiger partial charge on any atom is -0.329 e. The van der Waals surface area contributed by atoms with Crippen molar-refractivity contribution < 1.29 is 12.8 Å². The fraction of sp³-hybridized carbons (Fsp3) is 0.333. The van der Waals surface area contributed by atoms with Crippen LogP contribution in [0.1, 0.15) is 5.56 Å². The molecule has 0 saturated heterocycles. The van der Waals surface area contributed by atoms with Crippen molar-refractivity contribution in [3.8, 4) is 0 Å². The second-order valence-corrected chi connectivity index (χ2v) is 4.83. The molecule has 0 saturated carbocycles. The lowest BCUT2D eigenvalue weighted by Gasteiger charge is -2.08. The second kappa shape index (κ2) is 4.69. The third-order valence-corrected chi connectivity index (χ3v) is 3.48. The predicted octanol–water partition coefficient (Wildman–Crippen LogP) is 0.371. The minimum absolute atomic E-state index is 0.0809. The van der Waals surface area contributed by atoms with E-state index in [9.17, 15) is 12.8 Å². The number of nitrogens with two attached hydrogens (primary N) is 1. The van der Waals surface area contributed by atoms with E-state index >= 15 is 0 Å². The molecule has 0 aliphatic carbocycles. The maximum absolute atomic E-state index is 12.8. The number of nitrogens with one attached hydrogen (secondary N) is 1. The van der Waals surface area contributed by atoms with Crippen LogP contribution in [0.3, 0.4) is 0 Å². The van der Waals surface area contributed by atoms with Gasteiger partial charge < -0.3 is 5.73 Å². The van der Waals surface area contributed by atoms with Crippen LogP contribution in [-0.2, 0) is 10.0 Å². The van der Waals surface area contributed by atoms with Gasteiger partial charge in [-0.15, -0.1) is 0 Å². The van der Waals surface area contributed by atoms with Crippen molar-refractivity contribution in [2.24, 2.45) is 5.73 Å². The van der Waals surface area contributed by atoms with E-state index < -0.39 is 15.8 Å². The summed E-state index contributed by atoms with van der Waals surface area (Å²) in [7, 11) is -3.57. The number of halogens is 1. The van der Waals surface area contributed by atoms with E-state index in [0.717, 1.165) is 6.07 Å². The van der Waals surface area contributed by atoms with E-state index in [4.69, 9.17) is 5.73 Å². The molecule has 1 aromatic carbocycles. The Morgan fingerprint density at radius 1 is 1.47 bits per heavy atom. The molecule has 0 bridgehead atoms. The Morgan fingerprint density at radius 2 is 2.13 bits per heavy atom. The van der Waals surface area contributed by atoms with Gasteiger partial charge in [-0.25, -0.2) is 17.5 Å². The minimum atomic E-state index is -3.57. The van der Waals surface area contributed by atoms with Crippen molar-refractivity contribution in [3.63, 3.8) is 0 Å². The van der Waals surface area contributed by atoms with Crippen molar-refractivity contribution in [2.75, 3.05) is 13.1 Å². The van der Waals surface area contributed by atoms with Gasteiger partial charge in [-0.2, -0.15) is 0 Å². The zero-order valence-corrected chi connectivity index (χ0v) is 9.14. The summed E-state index contributed by atoms with van der Waals surface area (Å²) in [6.45, 7) is 1.93. The molecule has 0 unspecified atom stereocenters. The molecule has 0 amide bonds. The largest absolute Gasteiger partial charge is 0.329 e. The van der Waals surface area contributed by atoms with Gasteiger partial charge >= 0.3 is 0 Å². The monoisotopic (exact) mass is 232 g/mol. The van der Waals surface area contributed by atoms with Gasteiger partial charge in [-0.1, -0.05) is 0 Å². The average molecular weight is 232 g/mol. The van der Waals surface area contributed by atoms with Crippen LogP contribution in [0.25, 0.3) is 0 Å². The summed E-state index contributed by atoms with van der Waals surface area (Å²) in [6.07, 6.45) is 0. The molecule has 4 nitrogen and oxygen atoms in total. The highest BCUT2D eigenvalue weighted by atomic mass is 32.2. The van der Waals surface area contributed by atoms with Crippen molar-refractivity contribution in [1.82, 2.24) is 4.72 Å². The van der Waals surface area contributed by atoms with Crippen molar-refractivity contribution >= 4 is 10.0 Å². The molecule has 0 aliphatic rings. The number of hydrogen-bond acceptors (Lipinski definition) is 3. The van der Waals surface area contributed by atoms with Crippen LogP contribution in [0.4, 0.5) is 4.39 Å². The second-order valence-electron chi connectivity index (χ2n) is 3.10. The molecule has 15 heavy (non-hydrogen) atoms. The maximum atomic E-state index is 12.8. The third kappa shape index (κ3) is 2.98. The van der Waals surface area contributed by atoms with Crippen LogP contribution < -0.4 is 10.5 Å². The Bertz CT molecular complexity index is 445. The fourth-order valence-electron chi connectivity index (χ4n) is 1.19. The predicted molar refractivity (Wildman–Crippen MR) is 55.4 cm³/mol. The molecule has 0 aliphatic heterocycles. The van der Waals surface area contributed by atoms with Crippen LogP contribution in [0.2, 0.25) is 0 Å². The van der Waals surface area contributed by atoms with E-state index in [1.165, 1.54) is 12.1 Å². The lowest BCUT2D eigenvalue weighted by Crippen LogP contribution is -2.29. The Hall–Kier alpha value is -0.980. The molecule has 3 N–H and O–H groups in total. The van der Waals surface area contributed by atoms with Crippen molar-refractivity contribution in [2.45, 2.75) is 11.8 Å². The molecule has 0 aromatic heterocycles. The van der Waals surface area contributed by atoms with Crippen LogP contribution in [0, 0.1) is 12.7 Å². The lowest BCUT2D eigenvalue weighted by atomic mass is 10.2. The van der Waals surface area contributed by atoms with Gasteiger partial charge in [-0.05, 0) is 30.7 Å². The summed E-state index contributed by atoms with van der Waals surface area (Å²) in [5.74, 6) is -0.453. The lowest BCUT2D eigenvalue weighted by molar-refractivity contribution is 0.580. The van der Waals surface area contributed by atoms with Gasteiger partial charge in [0.25, 0.3) is 0 Å². The zero-order valence-electron chi connectivity index (χ0n) is 8.33. The topological polar surface area (TPSA) is 72.2 Å². The molecule has 84 valence electrons. The Morgan fingerprint density at radius 3 is 2.67 bits per heavy atom. The summed E-state index contributed by atoms with van der Waals surface area (Å²) in [4.78, 5) is 0.0809. The normalized spacial score (nSPS) is 11.7. The summed E-state index contributed by atoms with van der Waals surface area (Å²) in [5.41, 5.74) is 5.56. The standard InChI is InChI=1S/C9H13FN2O2S/c1-7-6-8(10)2-3-9(7)15(13,14)12-5-4-11/h2-3,6,12H,4-5,11H2,1H3.